The van der Waals surface area contributed by atoms with Crippen molar-refractivity contribution in [1.82, 2.24) is 0 Å². The number of rotatable bonds is 9. The molecule has 1 aliphatic heterocycles. The summed E-state index contributed by atoms with van der Waals surface area (Å²) in [7, 11) is -0.816. The summed E-state index contributed by atoms with van der Waals surface area (Å²) in [5.41, 5.74) is 1.07. The van der Waals surface area contributed by atoms with Gasteiger partial charge in [0.1, 0.15) is 0 Å². The summed E-state index contributed by atoms with van der Waals surface area (Å²) in [4.78, 5) is 0. The van der Waals surface area contributed by atoms with E-state index in [4.69, 9.17) is 9.47 Å². The Morgan fingerprint density at radius 3 is 2.62 bits per heavy atom. The maximum atomic E-state index is 12.4. The molecule has 2 rings (SSSR count). The van der Waals surface area contributed by atoms with Crippen molar-refractivity contribution in [3.63, 3.8) is 0 Å². The fraction of sp³-hybridized carbons (Fsp3) is 0.647. The van der Waals surface area contributed by atoms with E-state index in [2.05, 4.69) is 6.92 Å². The molecule has 0 N–H and O–H groups in total. The van der Waals surface area contributed by atoms with Gasteiger partial charge in [-0.2, -0.15) is 0 Å². The maximum Gasteiger partial charge on any atom is 0.231 e. The average molecular weight is 310 g/mol. The Labute approximate surface area is 130 Å². The lowest BCUT2D eigenvalue weighted by Gasteiger charge is -2.12. The van der Waals surface area contributed by atoms with Gasteiger partial charge in [-0.05, 0) is 31.0 Å². The molecular formula is C17H26O3S. The number of hydrogen-bond acceptors (Lipinski definition) is 3. The molecule has 0 saturated heterocycles. The summed E-state index contributed by atoms with van der Waals surface area (Å²) in [6.07, 6.45) is 7.42. The Kier molecular flexibility index (Phi) is 6.55. The van der Waals surface area contributed by atoms with Crippen molar-refractivity contribution in [3.8, 4) is 11.5 Å². The first kappa shape index (κ1) is 16.3. The molecule has 0 fully saturated rings. The molecule has 1 heterocycles. The van der Waals surface area contributed by atoms with Crippen LogP contribution in [0.25, 0.3) is 0 Å². The molecule has 118 valence electrons. The molecule has 3 nitrogen and oxygen atoms in total. The van der Waals surface area contributed by atoms with Gasteiger partial charge in [-0.3, -0.25) is 4.21 Å². The third kappa shape index (κ3) is 4.73. The van der Waals surface area contributed by atoms with E-state index in [1.807, 2.05) is 25.1 Å². The molecule has 0 spiro atoms. The van der Waals surface area contributed by atoms with Crippen LogP contribution in [0.15, 0.2) is 18.2 Å². The van der Waals surface area contributed by atoms with E-state index < -0.39 is 10.8 Å². The minimum atomic E-state index is -0.816. The summed E-state index contributed by atoms with van der Waals surface area (Å²) >= 11 is 0. The molecule has 0 saturated carbocycles. The van der Waals surface area contributed by atoms with E-state index in [1.54, 1.807) is 0 Å². The van der Waals surface area contributed by atoms with Gasteiger partial charge >= 0.3 is 0 Å². The van der Waals surface area contributed by atoms with Gasteiger partial charge in [-0.15, -0.1) is 0 Å². The van der Waals surface area contributed by atoms with Crippen LogP contribution in [0, 0.1) is 0 Å². The molecular weight excluding hydrogens is 284 g/mol. The van der Waals surface area contributed by atoms with Crippen molar-refractivity contribution in [2.24, 2.45) is 0 Å². The zero-order valence-corrected chi connectivity index (χ0v) is 13.9. The van der Waals surface area contributed by atoms with E-state index in [9.17, 15) is 4.21 Å². The van der Waals surface area contributed by atoms with Crippen molar-refractivity contribution >= 4 is 10.8 Å². The lowest BCUT2D eigenvalue weighted by atomic mass is 10.1. The first-order valence-electron chi connectivity index (χ1n) is 7.99. The molecule has 1 aromatic carbocycles. The first-order chi connectivity index (χ1) is 10.2. The number of benzene rings is 1. The van der Waals surface area contributed by atoms with E-state index in [0.717, 1.165) is 29.2 Å². The first-order valence-corrected chi connectivity index (χ1v) is 9.37. The standard InChI is InChI=1S/C17H26O3S/c1-3-4-5-6-7-8-11-21(18)14(2)15-9-10-16-17(12-15)20-13-19-16/h9-10,12,14H,3-8,11,13H2,1-2H3. The molecule has 2 unspecified atom stereocenters. The van der Waals surface area contributed by atoms with Crippen LogP contribution < -0.4 is 9.47 Å². The largest absolute Gasteiger partial charge is 0.454 e. The smallest absolute Gasteiger partial charge is 0.231 e. The fourth-order valence-corrected chi connectivity index (χ4v) is 3.81. The van der Waals surface area contributed by atoms with Crippen LogP contribution in [0.4, 0.5) is 0 Å². The van der Waals surface area contributed by atoms with Gasteiger partial charge in [-0.1, -0.05) is 45.1 Å². The quantitative estimate of drug-likeness (QED) is 0.626. The minimum Gasteiger partial charge on any atom is -0.454 e. The maximum absolute atomic E-state index is 12.4. The Balaban J connectivity index is 1.77. The van der Waals surface area contributed by atoms with Gasteiger partial charge in [0, 0.05) is 16.6 Å². The van der Waals surface area contributed by atoms with Crippen molar-refractivity contribution < 1.29 is 13.7 Å². The average Bonchev–Trinajstić information content (AvgIpc) is 2.97. The highest BCUT2D eigenvalue weighted by Crippen LogP contribution is 2.35. The molecule has 0 aliphatic carbocycles. The lowest BCUT2D eigenvalue weighted by Crippen LogP contribution is -2.07. The van der Waals surface area contributed by atoms with E-state index in [1.165, 1.54) is 32.1 Å². The molecule has 0 amide bonds. The van der Waals surface area contributed by atoms with Crippen molar-refractivity contribution in [1.29, 1.82) is 0 Å². The summed E-state index contributed by atoms with van der Waals surface area (Å²) < 4.78 is 23.1. The van der Waals surface area contributed by atoms with Crippen LogP contribution >= 0.6 is 0 Å². The number of fused-ring (bicyclic) bond motifs is 1. The van der Waals surface area contributed by atoms with Gasteiger partial charge < -0.3 is 9.47 Å². The minimum absolute atomic E-state index is 0.0511. The van der Waals surface area contributed by atoms with Gasteiger partial charge in [0.25, 0.3) is 0 Å². The second-order valence-electron chi connectivity index (χ2n) is 5.61. The SMILES string of the molecule is CCCCCCCCS(=O)C(C)c1ccc2c(c1)OCO2. The number of ether oxygens (including phenoxy) is 2. The van der Waals surface area contributed by atoms with Gasteiger partial charge in [0.2, 0.25) is 6.79 Å². The predicted molar refractivity (Wildman–Crippen MR) is 87.4 cm³/mol. The Bertz CT molecular complexity index is 473. The summed E-state index contributed by atoms with van der Waals surface area (Å²) in [6.45, 7) is 4.54. The molecule has 21 heavy (non-hydrogen) atoms. The number of hydrogen-bond donors (Lipinski definition) is 0. The van der Waals surface area contributed by atoms with Crippen molar-refractivity contribution in [2.75, 3.05) is 12.5 Å². The highest BCUT2D eigenvalue weighted by molar-refractivity contribution is 7.85. The second-order valence-corrected chi connectivity index (χ2v) is 7.48. The van der Waals surface area contributed by atoms with Crippen molar-refractivity contribution in [3.05, 3.63) is 23.8 Å². The van der Waals surface area contributed by atoms with Crippen LogP contribution in [-0.2, 0) is 10.8 Å². The normalized spacial score (nSPS) is 15.9. The number of unbranched alkanes of at least 4 members (excludes halogenated alkanes) is 5. The van der Waals surface area contributed by atoms with E-state index >= 15 is 0 Å². The third-order valence-corrected chi connectivity index (χ3v) is 5.71. The van der Waals surface area contributed by atoms with Gasteiger partial charge in [0.15, 0.2) is 11.5 Å². The zero-order chi connectivity index (χ0) is 15.1. The highest BCUT2D eigenvalue weighted by atomic mass is 32.2. The third-order valence-electron chi connectivity index (χ3n) is 3.96. The summed E-state index contributed by atoms with van der Waals surface area (Å²) in [5.74, 6) is 2.35. The second kappa shape index (κ2) is 8.42. The Hall–Kier alpha value is -1.03. The molecule has 4 heteroatoms. The van der Waals surface area contributed by atoms with E-state index in [0.29, 0.717) is 0 Å². The predicted octanol–water partition coefficient (Wildman–Crippen LogP) is 4.59. The van der Waals surface area contributed by atoms with Crippen LogP contribution in [-0.4, -0.2) is 16.8 Å². The summed E-state index contributed by atoms with van der Waals surface area (Å²) in [5, 5.41) is 0.0511. The van der Waals surface area contributed by atoms with Crippen LogP contribution in [0.1, 0.15) is 63.2 Å². The van der Waals surface area contributed by atoms with Crippen LogP contribution in [0.3, 0.4) is 0 Å². The van der Waals surface area contributed by atoms with Gasteiger partial charge in [0.05, 0.1) is 5.25 Å². The summed E-state index contributed by atoms with van der Waals surface area (Å²) in [6, 6.07) is 5.87. The molecule has 1 aliphatic rings. The Morgan fingerprint density at radius 1 is 1.10 bits per heavy atom. The van der Waals surface area contributed by atoms with Crippen LogP contribution in [0.5, 0.6) is 11.5 Å². The van der Waals surface area contributed by atoms with Crippen molar-refractivity contribution in [2.45, 2.75) is 57.6 Å². The Morgan fingerprint density at radius 2 is 1.81 bits per heavy atom. The molecule has 2 atom stereocenters. The monoisotopic (exact) mass is 310 g/mol. The molecule has 0 aromatic heterocycles. The zero-order valence-electron chi connectivity index (χ0n) is 13.1. The molecule has 0 radical (unpaired) electrons. The fourth-order valence-electron chi connectivity index (χ4n) is 2.52. The highest BCUT2D eigenvalue weighted by Gasteiger charge is 2.18. The van der Waals surface area contributed by atoms with Gasteiger partial charge in [-0.25, -0.2) is 0 Å². The lowest BCUT2D eigenvalue weighted by molar-refractivity contribution is 0.174. The van der Waals surface area contributed by atoms with E-state index in [-0.39, 0.29) is 12.0 Å². The molecule has 0 bridgehead atoms. The van der Waals surface area contributed by atoms with Crippen LogP contribution in [0.2, 0.25) is 0 Å². The topological polar surface area (TPSA) is 35.5 Å². The molecule has 1 aromatic rings.